The molecule has 0 radical (unpaired) electrons. The monoisotopic (exact) mass is 461 g/mol. The fraction of sp³-hybridized carbons (Fsp3) is 0.200. The molecule has 33 heavy (non-hydrogen) atoms. The summed E-state index contributed by atoms with van der Waals surface area (Å²) in [6.07, 6.45) is -0.0880. The van der Waals surface area contributed by atoms with Gasteiger partial charge in [-0.15, -0.1) is 11.3 Å². The van der Waals surface area contributed by atoms with Crippen molar-refractivity contribution in [3.8, 4) is 0 Å². The second kappa shape index (κ2) is 9.38. The van der Waals surface area contributed by atoms with Gasteiger partial charge in [-0.2, -0.15) is 0 Å². The van der Waals surface area contributed by atoms with Gasteiger partial charge in [0.25, 0.3) is 11.8 Å². The van der Waals surface area contributed by atoms with E-state index in [1.807, 2.05) is 36.6 Å². The Hall–Kier alpha value is -3.78. The van der Waals surface area contributed by atoms with Gasteiger partial charge in [-0.1, -0.05) is 23.8 Å². The molecule has 2 heterocycles. The molecule has 0 spiro atoms. The Morgan fingerprint density at radius 3 is 2.36 bits per heavy atom. The molecule has 1 saturated heterocycles. The summed E-state index contributed by atoms with van der Waals surface area (Å²) >= 11 is 1.49. The third kappa shape index (κ3) is 4.85. The molecule has 8 heteroatoms. The van der Waals surface area contributed by atoms with Gasteiger partial charge in [0.15, 0.2) is 0 Å². The van der Waals surface area contributed by atoms with E-state index in [9.17, 15) is 19.2 Å². The summed E-state index contributed by atoms with van der Waals surface area (Å²) in [6.45, 7) is 3.58. The van der Waals surface area contributed by atoms with Gasteiger partial charge in [0, 0.05) is 23.1 Å². The lowest BCUT2D eigenvalue weighted by molar-refractivity contribution is -0.122. The zero-order chi connectivity index (χ0) is 23.5. The highest BCUT2D eigenvalue weighted by Crippen LogP contribution is 2.29. The maximum absolute atomic E-state index is 13.4. The number of hydrogen-bond donors (Lipinski definition) is 1. The van der Waals surface area contributed by atoms with E-state index >= 15 is 0 Å². The van der Waals surface area contributed by atoms with Crippen LogP contribution in [0.4, 0.5) is 11.4 Å². The van der Waals surface area contributed by atoms with E-state index < -0.39 is 11.9 Å². The molecule has 4 amide bonds. The van der Waals surface area contributed by atoms with Crippen LogP contribution in [0.15, 0.2) is 66.0 Å². The van der Waals surface area contributed by atoms with Crippen LogP contribution in [0.25, 0.3) is 0 Å². The number of carbonyl (C=O) groups excluding carboxylic acids is 4. The molecule has 1 fully saturated rings. The molecule has 0 aliphatic carbocycles. The fourth-order valence-electron chi connectivity index (χ4n) is 3.78. The van der Waals surface area contributed by atoms with E-state index in [1.54, 1.807) is 36.4 Å². The summed E-state index contributed by atoms with van der Waals surface area (Å²) in [5.41, 5.74) is 2.46. The molecule has 4 rings (SSSR count). The predicted molar refractivity (Wildman–Crippen MR) is 127 cm³/mol. The molecule has 0 saturated carbocycles. The molecule has 168 valence electrons. The van der Waals surface area contributed by atoms with E-state index in [0.29, 0.717) is 16.9 Å². The largest absolute Gasteiger partial charge is 0.326 e. The van der Waals surface area contributed by atoms with Gasteiger partial charge in [0.1, 0.15) is 6.04 Å². The first-order valence-corrected chi connectivity index (χ1v) is 11.4. The van der Waals surface area contributed by atoms with Crippen LogP contribution >= 0.6 is 11.3 Å². The van der Waals surface area contributed by atoms with Crippen LogP contribution in [-0.2, 0) is 20.9 Å². The van der Waals surface area contributed by atoms with E-state index in [0.717, 1.165) is 15.3 Å². The summed E-state index contributed by atoms with van der Waals surface area (Å²) in [7, 11) is 0. The Morgan fingerprint density at radius 1 is 1.06 bits per heavy atom. The topological polar surface area (TPSA) is 86.8 Å². The number of thiophene rings is 1. The number of anilines is 2. The maximum Gasteiger partial charge on any atom is 0.257 e. The van der Waals surface area contributed by atoms with E-state index in [2.05, 4.69) is 5.32 Å². The van der Waals surface area contributed by atoms with E-state index in [-0.39, 0.29) is 30.7 Å². The third-order valence-corrected chi connectivity index (χ3v) is 6.27. The number of aryl methyl sites for hydroxylation is 1. The highest BCUT2D eigenvalue weighted by atomic mass is 32.1. The average Bonchev–Trinajstić information content (AvgIpc) is 3.40. The van der Waals surface area contributed by atoms with E-state index in [1.165, 1.54) is 23.2 Å². The molecule has 1 unspecified atom stereocenters. The van der Waals surface area contributed by atoms with Gasteiger partial charge in [-0.25, -0.2) is 4.90 Å². The van der Waals surface area contributed by atoms with Gasteiger partial charge >= 0.3 is 0 Å². The second-order valence-electron chi connectivity index (χ2n) is 7.89. The lowest BCUT2D eigenvalue weighted by atomic mass is 10.1. The molecule has 3 aromatic rings. The lowest BCUT2D eigenvalue weighted by Gasteiger charge is -2.27. The van der Waals surface area contributed by atoms with Gasteiger partial charge in [0.05, 0.1) is 18.7 Å². The van der Waals surface area contributed by atoms with Crippen molar-refractivity contribution >= 4 is 46.3 Å². The molecule has 1 N–H and O–H groups in total. The molecular weight excluding hydrogens is 438 g/mol. The van der Waals surface area contributed by atoms with Crippen LogP contribution in [0.5, 0.6) is 0 Å². The number of nitrogens with zero attached hydrogens (tertiary/aromatic N) is 2. The Bertz CT molecular complexity index is 1190. The maximum atomic E-state index is 13.4. The lowest BCUT2D eigenvalue weighted by Crippen LogP contribution is -2.45. The Balaban J connectivity index is 1.62. The number of rotatable bonds is 6. The number of amides is 4. The number of carbonyl (C=O) groups is 4. The summed E-state index contributed by atoms with van der Waals surface area (Å²) in [6, 6.07) is 16.5. The van der Waals surface area contributed by atoms with Gasteiger partial charge in [-0.05, 0) is 54.8 Å². The molecule has 1 atom stereocenters. The quantitative estimate of drug-likeness (QED) is 0.563. The zero-order valence-electron chi connectivity index (χ0n) is 18.3. The van der Waals surface area contributed by atoms with Gasteiger partial charge < -0.3 is 10.2 Å². The first-order chi connectivity index (χ1) is 15.8. The fourth-order valence-corrected chi connectivity index (χ4v) is 4.49. The van der Waals surface area contributed by atoms with Crippen molar-refractivity contribution in [1.82, 2.24) is 4.90 Å². The molecule has 0 bridgehead atoms. The SMILES string of the molecule is CC(=O)Nc1ccc(N2C(=O)CC(N(Cc3cccs3)C(=O)c3ccc(C)cc3)C2=O)cc1. The average molecular weight is 462 g/mol. The van der Waals surface area contributed by atoms with Gasteiger partial charge in [-0.3, -0.25) is 19.2 Å². The smallest absolute Gasteiger partial charge is 0.257 e. The number of hydrogen-bond acceptors (Lipinski definition) is 5. The normalized spacial score (nSPS) is 15.6. The highest BCUT2D eigenvalue weighted by molar-refractivity contribution is 7.09. The minimum atomic E-state index is -0.900. The van der Waals surface area contributed by atoms with Gasteiger partial charge in [0.2, 0.25) is 11.8 Å². The first-order valence-electron chi connectivity index (χ1n) is 10.5. The van der Waals surface area contributed by atoms with Crippen molar-refractivity contribution in [2.24, 2.45) is 0 Å². The molecule has 1 aromatic heterocycles. The molecular formula is C25H23N3O4S. The number of nitrogens with one attached hydrogen (secondary N) is 1. The second-order valence-corrected chi connectivity index (χ2v) is 8.93. The summed E-state index contributed by atoms with van der Waals surface area (Å²) in [4.78, 5) is 54.4. The Morgan fingerprint density at radius 2 is 1.76 bits per heavy atom. The van der Waals surface area contributed by atoms with Crippen LogP contribution in [-0.4, -0.2) is 34.6 Å². The third-order valence-electron chi connectivity index (χ3n) is 5.41. The molecule has 7 nitrogen and oxygen atoms in total. The molecule has 2 aromatic carbocycles. The molecule has 1 aliphatic heterocycles. The predicted octanol–water partition coefficient (Wildman–Crippen LogP) is 3.99. The number of benzene rings is 2. The van der Waals surface area contributed by atoms with Crippen LogP contribution in [0, 0.1) is 6.92 Å². The van der Waals surface area contributed by atoms with Crippen LogP contribution in [0.2, 0.25) is 0 Å². The van der Waals surface area contributed by atoms with Crippen LogP contribution in [0.3, 0.4) is 0 Å². The van der Waals surface area contributed by atoms with Crippen molar-refractivity contribution in [3.63, 3.8) is 0 Å². The van der Waals surface area contributed by atoms with Crippen LogP contribution < -0.4 is 10.2 Å². The zero-order valence-corrected chi connectivity index (χ0v) is 19.1. The van der Waals surface area contributed by atoms with Crippen molar-refractivity contribution in [2.75, 3.05) is 10.2 Å². The minimum Gasteiger partial charge on any atom is -0.326 e. The van der Waals surface area contributed by atoms with Crippen LogP contribution in [0.1, 0.15) is 34.1 Å². The standard InChI is InChI=1S/C25H23N3O4S/c1-16-5-7-18(8-6-16)24(31)27(15-21-4-3-13-33-21)22-14-23(30)28(25(22)32)20-11-9-19(10-12-20)26-17(2)29/h3-13,22H,14-15H2,1-2H3,(H,26,29). The van der Waals surface area contributed by atoms with Crippen molar-refractivity contribution in [1.29, 1.82) is 0 Å². The Kier molecular flexibility index (Phi) is 6.37. The number of imide groups is 1. The van der Waals surface area contributed by atoms with Crippen molar-refractivity contribution in [3.05, 3.63) is 82.0 Å². The van der Waals surface area contributed by atoms with Crippen molar-refractivity contribution in [2.45, 2.75) is 32.9 Å². The Labute approximate surface area is 195 Å². The summed E-state index contributed by atoms with van der Waals surface area (Å²) in [5, 5.41) is 4.57. The summed E-state index contributed by atoms with van der Waals surface area (Å²) in [5.74, 6) is -1.32. The molecule has 1 aliphatic rings. The van der Waals surface area contributed by atoms with Crippen molar-refractivity contribution < 1.29 is 19.2 Å². The summed E-state index contributed by atoms with van der Waals surface area (Å²) < 4.78 is 0. The first kappa shape index (κ1) is 22.4. The highest BCUT2D eigenvalue weighted by Gasteiger charge is 2.44. The van der Waals surface area contributed by atoms with E-state index in [4.69, 9.17) is 0 Å². The minimum absolute atomic E-state index is 0.0880.